The summed E-state index contributed by atoms with van der Waals surface area (Å²) < 4.78 is 20.8. The molecule has 0 radical (unpaired) electrons. The summed E-state index contributed by atoms with van der Waals surface area (Å²) in [5.41, 5.74) is 0.808. The van der Waals surface area contributed by atoms with E-state index in [2.05, 4.69) is 9.72 Å². The predicted molar refractivity (Wildman–Crippen MR) is 64.1 cm³/mol. The number of hydrogen-bond acceptors (Lipinski definition) is 6. The van der Waals surface area contributed by atoms with Crippen LogP contribution in [0.3, 0.4) is 0 Å². The summed E-state index contributed by atoms with van der Waals surface area (Å²) in [5.74, 6) is 1.38. The number of fused-ring (bicyclic) bond motifs is 1. The van der Waals surface area contributed by atoms with Gasteiger partial charge in [-0.1, -0.05) is 6.07 Å². The van der Waals surface area contributed by atoms with Crippen LogP contribution >= 0.6 is 0 Å². The number of oxazole rings is 1. The third kappa shape index (κ3) is 1.81. The van der Waals surface area contributed by atoms with Gasteiger partial charge in [-0.3, -0.25) is 0 Å². The van der Waals surface area contributed by atoms with Crippen LogP contribution in [-0.2, 0) is 4.74 Å². The molecule has 98 valence electrons. The first-order valence-corrected chi connectivity index (χ1v) is 5.65. The third-order valence-corrected chi connectivity index (χ3v) is 2.80. The molecule has 0 saturated heterocycles. The van der Waals surface area contributed by atoms with Crippen molar-refractivity contribution >= 4 is 5.97 Å². The Balaban J connectivity index is 2.09. The van der Waals surface area contributed by atoms with E-state index < -0.39 is 5.97 Å². The van der Waals surface area contributed by atoms with Crippen molar-refractivity contribution < 1.29 is 23.4 Å². The second-order valence-corrected chi connectivity index (χ2v) is 3.95. The van der Waals surface area contributed by atoms with E-state index in [4.69, 9.17) is 13.9 Å². The first kappa shape index (κ1) is 11.6. The molecule has 0 amide bonds. The number of para-hydroxylation sites is 1. The highest BCUT2D eigenvalue weighted by molar-refractivity contribution is 5.89. The maximum absolute atomic E-state index is 11.5. The molecular weight excluding hydrogens is 250 g/mol. The molecule has 3 rings (SSSR count). The average Bonchev–Trinajstić information content (AvgIpc) is 3.03. The van der Waals surface area contributed by atoms with Crippen molar-refractivity contribution in [3.05, 3.63) is 29.7 Å². The lowest BCUT2D eigenvalue weighted by Crippen LogP contribution is -2.03. The summed E-state index contributed by atoms with van der Waals surface area (Å²) in [7, 11) is 1.30. The van der Waals surface area contributed by atoms with Crippen LogP contribution in [0.1, 0.15) is 16.2 Å². The summed E-state index contributed by atoms with van der Waals surface area (Å²) in [6, 6.07) is 5.39. The molecule has 0 spiro atoms. The number of hydrogen-bond donors (Lipinski definition) is 0. The molecule has 0 aliphatic carbocycles. The van der Waals surface area contributed by atoms with Gasteiger partial charge in [-0.2, -0.15) is 0 Å². The summed E-state index contributed by atoms with van der Waals surface area (Å²) in [4.78, 5) is 15.7. The normalized spacial score (nSPS) is 12.5. The lowest BCUT2D eigenvalue weighted by atomic mass is 10.2. The monoisotopic (exact) mass is 261 g/mol. The van der Waals surface area contributed by atoms with E-state index in [1.54, 1.807) is 25.1 Å². The smallest absolute Gasteiger partial charge is 0.360 e. The maximum Gasteiger partial charge on any atom is 0.360 e. The molecule has 0 atom stereocenters. The molecule has 1 aliphatic heterocycles. The molecule has 1 aromatic carbocycles. The highest BCUT2D eigenvalue weighted by Crippen LogP contribution is 2.41. The minimum Gasteiger partial charge on any atom is -0.464 e. The molecular formula is C13H11NO5. The third-order valence-electron chi connectivity index (χ3n) is 2.80. The highest BCUT2D eigenvalue weighted by Gasteiger charge is 2.24. The number of nitrogens with zero attached hydrogens (tertiary/aromatic N) is 1. The number of carbonyl (C=O) groups excluding carboxylic acids is 1. The van der Waals surface area contributed by atoms with E-state index in [-0.39, 0.29) is 12.5 Å². The number of ether oxygens (including phenoxy) is 3. The zero-order valence-electron chi connectivity index (χ0n) is 10.4. The standard InChI is InChI=1S/C13H11NO5/c1-7-10(13(15)16-2)14-12(19-7)8-4-3-5-9-11(8)18-6-17-9/h3-5H,6H2,1-2H3. The maximum atomic E-state index is 11.5. The largest absolute Gasteiger partial charge is 0.464 e. The number of rotatable bonds is 2. The zero-order valence-corrected chi connectivity index (χ0v) is 10.4. The molecule has 1 aromatic heterocycles. The summed E-state index contributed by atoms with van der Waals surface area (Å²) in [6.07, 6.45) is 0. The molecule has 1 aliphatic rings. The Morgan fingerprint density at radius 2 is 2.21 bits per heavy atom. The zero-order chi connectivity index (χ0) is 13.4. The molecule has 6 nitrogen and oxygen atoms in total. The fraction of sp³-hybridized carbons (Fsp3) is 0.231. The van der Waals surface area contributed by atoms with Gasteiger partial charge in [0.1, 0.15) is 5.76 Å². The Labute approximate surface area is 108 Å². The van der Waals surface area contributed by atoms with Crippen LogP contribution in [0, 0.1) is 6.92 Å². The Hall–Kier alpha value is -2.50. The van der Waals surface area contributed by atoms with Crippen LogP contribution in [0.4, 0.5) is 0 Å². The van der Waals surface area contributed by atoms with Crippen molar-refractivity contribution in [2.45, 2.75) is 6.92 Å². The van der Waals surface area contributed by atoms with Gasteiger partial charge in [0.25, 0.3) is 0 Å². The van der Waals surface area contributed by atoms with E-state index in [1.807, 2.05) is 0 Å². The molecule has 0 N–H and O–H groups in total. The number of aromatic nitrogens is 1. The van der Waals surface area contributed by atoms with E-state index in [1.165, 1.54) is 7.11 Å². The predicted octanol–water partition coefficient (Wildman–Crippen LogP) is 2.17. The van der Waals surface area contributed by atoms with Crippen molar-refractivity contribution in [3.63, 3.8) is 0 Å². The van der Waals surface area contributed by atoms with Crippen LogP contribution < -0.4 is 9.47 Å². The molecule has 0 bridgehead atoms. The second-order valence-electron chi connectivity index (χ2n) is 3.95. The van der Waals surface area contributed by atoms with Crippen molar-refractivity contribution in [1.82, 2.24) is 4.98 Å². The Bertz CT molecular complexity index is 646. The van der Waals surface area contributed by atoms with Gasteiger partial charge in [0.2, 0.25) is 12.7 Å². The highest BCUT2D eigenvalue weighted by atomic mass is 16.7. The first-order valence-electron chi connectivity index (χ1n) is 5.65. The topological polar surface area (TPSA) is 70.8 Å². The Kier molecular flexibility index (Phi) is 2.63. The van der Waals surface area contributed by atoms with Crippen molar-refractivity contribution in [3.8, 4) is 23.0 Å². The van der Waals surface area contributed by atoms with Gasteiger partial charge in [-0.05, 0) is 19.1 Å². The summed E-state index contributed by atoms with van der Waals surface area (Å²) in [5, 5.41) is 0. The van der Waals surface area contributed by atoms with E-state index >= 15 is 0 Å². The molecule has 0 saturated carbocycles. The minimum absolute atomic E-state index is 0.161. The van der Waals surface area contributed by atoms with E-state index in [0.717, 1.165) is 0 Å². The number of methoxy groups -OCH3 is 1. The number of aryl methyl sites for hydroxylation is 1. The van der Waals surface area contributed by atoms with E-state index in [0.29, 0.717) is 28.7 Å². The van der Waals surface area contributed by atoms with Gasteiger partial charge in [0, 0.05) is 0 Å². The molecule has 6 heteroatoms. The Morgan fingerprint density at radius 1 is 1.37 bits per heavy atom. The van der Waals surface area contributed by atoms with Gasteiger partial charge >= 0.3 is 5.97 Å². The minimum atomic E-state index is -0.530. The number of benzene rings is 1. The molecule has 0 fully saturated rings. The lowest BCUT2D eigenvalue weighted by Gasteiger charge is -2.00. The lowest BCUT2D eigenvalue weighted by molar-refractivity contribution is 0.0593. The van der Waals surface area contributed by atoms with E-state index in [9.17, 15) is 4.79 Å². The fourth-order valence-electron chi connectivity index (χ4n) is 1.90. The SMILES string of the molecule is COC(=O)c1nc(-c2cccc3c2OCO3)oc1C. The Morgan fingerprint density at radius 3 is 3.00 bits per heavy atom. The summed E-state index contributed by atoms with van der Waals surface area (Å²) in [6.45, 7) is 1.82. The van der Waals surface area contributed by atoms with Gasteiger partial charge in [-0.25, -0.2) is 9.78 Å². The van der Waals surface area contributed by atoms with Gasteiger partial charge in [0.05, 0.1) is 12.7 Å². The van der Waals surface area contributed by atoms with Gasteiger partial charge in [0.15, 0.2) is 17.2 Å². The quantitative estimate of drug-likeness (QED) is 0.771. The average molecular weight is 261 g/mol. The van der Waals surface area contributed by atoms with Crippen LogP contribution in [0.5, 0.6) is 11.5 Å². The molecule has 0 unspecified atom stereocenters. The number of carbonyl (C=O) groups is 1. The number of esters is 1. The van der Waals surface area contributed by atoms with Crippen LogP contribution in [0.25, 0.3) is 11.5 Å². The molecule has 19 heavy (non-hydrogen) atoms. The first-order chi connectivity index (χ1) is 9.20. The second kappa shape index (κ2) is 4.31. The summed E-state index contributed by atoms with van der Waals surface area (Å²) >= 11 is 0. The molecule has 2 heterocycles. The van der Waals surface area contributed by atoms with Gasteiger partial charge in [-0.15, -0.1) is 0 Å². The van der Waals surface area contributed by atoms with Crippen molar-refractivity contribution in [2.24, 2.45) is 0 Å². The van der Waals surface area contributed by atoms with Crippen molar-refractivity contribution in [1.29, 1.82) is 0 Å². The van der Waals surface area contributed by atoms with Crippen LogP contribution in [0.15, 0.2) is 22.6 Å². The fourth-order valence-corrected chi connectivity index (χ4v) is 1.90. The molecule has 2 aromatic rings. The van der Waals surface area contributed by atoms with Gasteiger partial charge < -0.3 is 18.6 Å². The van der Waals surface area contributed by atoms with Crippen LogP contribution in [-0.4, -0.2) is 24.9 Å². The van der Waals surface area contributed by atoms with Crippen molar-refractivity contribution in [2.75, 3.05) is 13.9 Å². The van der Waals surface area contributed by atoms with Crippen LogP contribution in [0.2, 0.25) is 0 Å².